The molecule has 1 spiro atoms. The first-order valence-corrected chi connectivity index (χ1v) is 11.4. The molecule has 1 unspecified atom stereocenters. The molecule has 5 rings (SSSR count). The number of aromatic nitrogens is 1. The molecular formula is C25H31N3O2. The number of fused-ring (bicyclic) bond motifs is 1. The van der Waals surface area contributed by atoms with Gasteiger partial charge in [-0.1, -0.05) is 24.3 Å². The Morgan fingerprint density at radius 1 is 1.13 bits per heavy atom. The van der Waals surface area contributed by atoms with E-state index in [4.69, 9.17) is 4.74 Å². The van der Waals surface area contributed by atoms with Crippen molar-refractivity contribution in [1.82, 2.24) is 15.2 Å². The van der Waals surface area contributed by atoms with E-state index in [1.165, 1.54) is 12.0 Å². The zero-order valence-electron chi connectivity index (χ0n) is 17.6. The fourth-order valence-corrected chi connectivity index (χ4v) is 5.14. The number of nitrogens with zero attached hydrogens (tertiary/aromatic N) is 2. The highest BCUT2D eigenvalue weighted by Crippen LogP contribution is 2.46. The van der Waals surface area contributed by atoms with E-state index in [1.54, 1.807) is 0 Å². The second-order valence-electron chi connectivity index (χ2n) is 9.22. The molecule has 1 amide bonds. The molecule has 2 aromatic rings. The highest BCUT2D eigenvalue weighted by molar-refractivity contribution is 5.77. The van der Waals surface area contributed by atoms with Gasteiger partial charge in [0.15, 0.2) is 0 Å². The largest absolute Gasteiger partial charge is 0.487 e. The van der Waals surface area contributed by atoms with E-state index in [2.05, 4.69) is 39.5 Å². The summed E-state index contributed by atoms with van der Waals surface area (Å²) in [5.41, 5.74) is 2.16. The van der Waals surface area contributed by atoms with Gasteiger partial charge in [-0.3, -0.25) is 14.7 Å². The third-order valence-corrected chi connectivity index (χ3v) is 7.08. The smallest absolute Gasteiger partial charge is 0.220 e. The number of benzene rings is 1. The van der Waals surface area contributed by atoms with Gasteiger partial charge in [-0.05, 0) is 62.3 Å². The Hall–Kier alpha value is -2.40. The van der Waals surface area contributed by atoms with Gasteiger partial charge in [0, 0.05) is 44.2 Å². The summed E-state index contributed by atoms with van der Waals surface area (Å²) < 4.78 is 6.61. The van der Waals surface area contributed by atoms with Crippen LogP contribution in [0.1, 0.15) is 62.1 Å². The molecule has 1 aliphatic carbocycles. The molecule has 3 aliphatic rings. The number of hydrogen-bond donors (Lipinski definition) is 1. The van der Waals surface area contributed by atoms with Crippen molar-refractivity contribution in [3.63, 3.8) is 0 Å². The molecule has 0 radical (unpaired) electrons. The first-order chi connectivity index (χ1) is 14.7. The third kappa shape index (κ3) is 4.22. The maximum Gasteiger partial charge on any atom is 0.220 e. The van der Waals surface area contributed by atoms with E-state index < -0.39 is 0 Å². The van der Waals surface area contributed by atoms with Crippen LogP contribution < -0.4 is 10.1 Å². The van der Waals surface area contributed by atoms with Gasteiger partial charge in [-0.25, -0.2) is 0 Å². The number of nitrogens with one attached hydrogen (secondary N) is 1. The molecule has 1 N–H and O–H groups in total. The average Bonchev–Trinajstić information content (AvgIpc) is 2.73. The Morgan fingerprint density at radius 3 is 2.67 bits per heavy atom. The molecule has 1 saturated carbocycles. The summed E-state index contributed by atoms with van der Waals surface area (Å²) in [5.74, 6) is 1.41. The van der Waals surface area contributed by atoms with Crippen molar-refractivity contribution in [1.29, 1.82) is 0 Å². The minimum Gasteiger partial charge on any atom is -0.487 e. The monoisotopic (exact) mass is 405 g/mol. The van der Waals surface area contributed by atoms with Crippen LogP contribution in [0.4, 0.5) is 0 Å². The number of carbonyl (C=O) groups excluding carboxylic acids is 1. The molecule has 5 heteroatoms. The molecule has 5 nitrogen and oxygen atoms in total. The van der Waals surface area contributed by atoms with Crippen LogP contribution in [0.25, 0.3) is 0 Å². The standard InChI is InChI=1S/C25H31N3O2/c29-24(27-20-7-5-8-20)16-19-17-25(30-23-10-2-1-9-22(19)23)11-14-28(15-12-25)18-21-6-3-4-13-26-21/h1-4,6,9-10,13,19-20H,5,7-8,11-12,14-18H2,(H,27,29). The Morgan fingerprint density at radius 2 is 1.93 bits per heavy atom. The van der Waals surface area contributed by atoms with E-state index in [1.807, 2.05) is 24.4 Å². The number of rotatable bonds is 5. The Bertz CT molecular complexity index is 873. The van der Waals surface area contributed by atoms with Crippen LogP contribution in [0.3, 0.4) is 0 Å². The molecule has 158 valence electrons. The van der Waals surface area contributed by atoms with E-state index in [0.29, 0.717) is 12.5 Å². The van der Waals surface area contributed by atoms with E-state index in [9.17, 15) is 4.79 Å². The van der Waals surface area contributed by atoms with Gasteiger partial charge in [-0.15, -0.1) is 0 Å². The van der Waals surface area contributed by atoms with E-state index in [0.717, 1.165) is 63.2 Å². The van der Waals surface area contributed by atoms with Crippen LogP contribution in [0.2, 0.25) is 0 Å². The van der Waals surface area contributed by atoms with Gasteiger partial charge in [0.2, 0.25) is 5.91 Å². The van der Waals surface area contributed by atoms with E-state index >= 15 is 0 Å². The van der Waals surface area contributed by atoms with Gasteiger partial charge in [0.1, 0.15) is 11.4 Å². The maximum atomic E-state index is 12.7. The lowest BCUT2D eigenvalue weighted by molar-refractivity contribution is -0.123. The van der Waals surface area contributed by atoms with Gasteiger partial charge in [-0.2, -0.15) is 0 Å². The number of amides is 1. The fourth-order valence-electron chi connectivity index (χ4n) is 5.14. The molecule has 1 aromatic heterocycles. The highest BCUT2D eigenvalue weighted by atomic mass is 16.5. The Labute approximate surface area is 178 Å². The van der Waals surface area contributed by atoms with Crippen LogP contribution in [-0.4, -0.2) is 40.5 Å². The van der Waals surface area contributed by atoms with Crippen LogP contribution in [-0.2, 0) is 11.3 Å². The van der Waals surface area contributed by atoms with Gasteiger partial charge in [0.25, 0.3) is 0 Å². The number of carbonyl (C=O) groups is 1. The first kappa shape index (κ1) is 19.6. The van der Waals surface area contributed by atoms with Crippen LogP contribution >= 0.6 is 0 Å². The van der Waals surface area contributed by atoms with Crippen LogP contribution in [0.5, 0.6) is 5.75 Å². The number of para-hydroxylation sites is 1. The number of piperidine rings is 1. The molecule has 0 bridgehead atoms. The minimum atomic E-state index is -0.156. The summed E-state index contributed by atoms with van der Waals surface area (Å²) >= 11 is 0. The topological polar surface area (TPSA) is 54.5 Å². The van der Waals surface area contributed by atoms with Crippen molar-refractivity contribution < 1.29 is 9.53 Å². The van der Waals surface area contributed by atoms with Crippen molar-refractivity contribution in [2.24, 2.45) is 0 Å². The molecule has 3 heterocycles. The summed E-state index contributed by atoms with van der Waals surface area (Å²) in [6.07, 6.45) is 8.85. The molecular weight excluding hydrogens is 374 g/mol. The molecule has 30 heavy (non-hydrogen) atoms. The van der Waals surface area contributed by atoms with Gasteiger partial charge >= 0.3 is 0 Å². The Balaban J connectivity index is 1.26. The van der Waals surface area contributed by atoms with Gasteiger partial charge < -0.3 is 10.1 Å². The normalized spacial score (nSPS) is 23.3. The van der Waals surface area contributed by atoms with Crippen molar-refractivity contribution in [3.05, 3.63) is 59.9 Å². The third-order valence-electron chi connectivity index (χ3n) is 7.08. The first-order valence-electron chi connectivity index (χ1n) is 11.4. The summed E-state index contributed by atoms with van der Waals surface area (Å²) in [5, 5.41) is 3.23. The summed E-state index contributed by atoms with van der Waals surface area (Å²) in [4.78, 5) is 19.6. The lowest BCUT2D eigenvalue weighted by Crippen LogP contribution is -2.50. The van der Waals surface area contributed by atoms with Gasteiger partial charge in [0.05, 0.1) is 5.69 Å². The number of pyridine rings is 1. The minimum absolute atomic E-state index is 0.156. The zero-order valence-corrected chi connectivity index (χ0v) is 17.6. The van der Waals surface area contributed by atoms with Crippen molar-refractivity contribution >= 4 is 5.91 Å². The summed E-state index contributed by atoms with van der Waals surface area (Å²) in [6, 6.07) is 14.8. The lowest BCUT2D eigenvalue weighted by Gasteiger charge is -2.47. The molecule has 2 fully saturated rings. The van der Waals surface area contributed by atoms with Crippen LogP contribution in [0.15, 0.2) is 48.7 Å². The predicted molar refractivity (Wildman–Crippen MR) is 116 cm³/mol. The average molecular weight is 406 g/mol. The summed E-state index contributed by atoms with van der Waals surface area (Å²) in [6.45, 7) is 2.89. The summed E-state index contributed by atoms with van der Waals surface area (Å²) in [7, 11) is 0. The maximum absolute atomic E-state index is 12.7. The fraction of sp³-hybridized carbons (Fsp3) is 0.520. The van der Waals surface area contributed by atoms with Crippen molar-refractivity contribution in [2.45, 2.75) is 69.1 Å². The highest BCUT2D eigenvalue weighted by Gasteiger charge is 2.43. The Kier molecular flexibility index (Phi) is 5.47. The SMILES string of the molecule is O=C(CC1CC2(CCN(Cc3ccccn3)CC2)Oc2ccccc21)NC1CCC1. The number of hydrogen-bond acceptors (Lipinski definition) is 4. The number of likely N-dealkylation sites (tertiary alicyclic amines) is 1. The molecule has 1 atom stereocenters. The second-order valence-corrected chi connectivity index (χ2v) is 9.22. The second kappa shape index (κ2) is 8.38. The molecule has 2 aliphatic heterocycles. The zero-order chi connectivity index (χ0) is 20.4. The molecule has 1 aromatic carbocycles. The van der Waals surface area contributed by atoms with Crippen molar-refractivity contribution in [3.8, 4) is 5.75 Å². The van der Waals surface area contributed by atoms with Crippen LogP contribution in [0, 0.1) is 0 Å². The predicted octanol–water partition coefficient (Wildman–Crippen LogP) is 4.04. The quantitative estimate of drug-likeness (QED) is 0.816. The molecule has 1 saturated heterocycles. The van der Waals surface area contributed by atoms with E-state index in [-0.39, 0.29) is 17.4 Å². The number of ether oxygens (including phenoxy) is 1. The van der Waals surface area contributed by atoms with Crippen molar-refractivity contribution in [2.75, 3.05) is 13.1 Å². The lowest BCUT2D eigenvalue weighted by atomic mass is 9.76.